The second-order valence-electron chi connectivity index (χ2n) is 7.45. The number of benzene rings is 1. The number of thiophene rings is 1. The van der Waals surface area contributed by atoms with Crippen LogP contribution in [-0.2, 0) is 11.2 Å². The molecule has 7 heteroatoms. The van der Waals surface area contributed by atoms with E-state index in [0.717, 1.165) is 39.0 Å². The summed E-state index contributed by atoms with van der Waals surface area (Å²) < 4.78 is 0. The molecule has 2 fully saturated rings. The van der Waals surface area contributed by atoms with E-state index in [0.29, 0.717) is 29.5 Å². The minimum absolute atomic E-state index is 0. The van der Waals surface area contributed by atoms with Gasteiger partial charge in [-0.05, 0) is 54.3 Å². The average molecular weight is 420 g/mol. The van der Waals surface area contributed by atoms with Crippen molar-refractivity contribution in [3.63, 3.8) is 0 Å². The summed E-state index contributed by atoms with van der Waals surface area (Å²) in [5, 5.41) is 8.38. The first kappa shape index (κ1) is 20.8. The lowest BCUT2D eigenvalue weighted by Gasteiger charge is -2.18. The van der Waals surface area contributed by atoms with E-state index in [4.69, 9.17) is 0 Å². The van der Waals surface area contributed by atoms with Gasteiger partial charge in [-0.15, -0.1) is 23.7 Å². The molecule has 3 heterocycles. The number of rotatable bonds is 6. The number of likely N-dealkylation sites (tertiary alicyclic amines) is 1. The van der Waals surface area contributed by atoms with Gasteiger partial charge in [0.2, 0.25) is 5.91 Å². The van der Waals surface area contributed by atoms with E-state index in [1.165, 1.54) is 4.88 Å². The van der Waals surface area contributed by atoms with Crippen LogP contribution in [0.1, 0.15) is 28.1 Å². The molecule has 150 valence electrons. The predicted octanol–water partition coefficient (Wildman–Crippen LogP) is 3.42. The highest BCUT2D eigenvalue weighted by Crippen LogP contribution is 2.27. The maximum Gasteiger partial charge on any atom is 0.253 e. The van der Waals surface area contributed by atoms with Crippen LogP contribution >= 0.6 is 23.7 Å². The SMILES string of the molecule is Cl.O=C(CCCc1cccs1)Nc1cccc(C(=O)N2C[C@H]3CNC[C@H]3C2)c1. The topological polar surface area (TPSA) is 61.4 Å². The van der Waals surface area contributed by atoms with Gasteiger partial charge < -0.3 is 15.5 Å². The van der Waals surface area contributed by atoms with Crippen LogP contribution in [0.5, 0.6) is 0 Å². The van der Waals surface area contributed by atoms with Gasteiger partial charge in [-0.1, -0.05) is 12.1 Å². The summed E-state index contributed by atoms with van der Waals surface area (Å²) in [5.74, 6) is 1.23. The second-order valence-corrected chi connectivity index (χ2v) is 8.48. The molecule has 0 aliphatic carbocycles. The minimum atomic E-state index is -0.00191. The number of hydrogen-bond acceptors (Lipinski definition) is 4. The predicted molar refractivity (Wildman–Crippen MR) is 115 cm³/mol. The van der Waals surface area contributed by atoms with Gasteiger partial charge >= 0.3 is 0 Å². The van der Waals surface area contributed by atoms with Crippen molar-refractivity contribution >= 4 is 41.2 Å². The molecule has 0 saturated carbocycles. The summed E-state index contributed by atoms with van der Waals surface area (Å²) in [6, 6.07) is 11.4. The van der Waals surface area contributed by atoms with Gasteiger partial charge in [0.1, 0.15) is 0 Å². The van der Waals surface area contributed by atoms with Crippen LogP contribution in [0.4, 0.5) is 5.69 Å². The molecule has 2 N–H and O–H groups in total. The zero-order chi connectivity index (χ0) is 18.6. The number of nitrogens with zero attached hydrogens (tertiary/aromatic N) is 1. The largest absolute Gasteiger partial charge is 0.338 e. The highest BCUT2D eigenvalue weighted by molar-refractivity contribution is 7.09. The highest BCUT2D eigenvalue weighted by Gasteiger charge is 2.38. The van der Waals surface area contributed by atoms with Crippen molar-refractivity contribution in [2.45, 2.75) is 19.3 Å². The molecule has 0 unspecified atom stereocenters. The average Bonchev–Trinajstić information content (AvgIpc) is 3.38. The number of carbonyl (C=O) groups excluding carboxylic acids is 2. The summed E-state index contributed by atoms with van der Waals surface area (Å²) in [6.07, 6.45) is 2.24. The number of halogens is 1. The van der Waals surface area contributed by atoms with Gasteiger partial charge in [0.15, 0.2) is 0 Å². The molecule has 2 aliphatic heterocycles. The number of fused-ring (bicyclic) bond motifs is 1. The number of anilines is 1. The van der Waals surface area contributed by atoms with Crippen molar-refractivity contribution in [1.82, 2.24) is 10.2 Å². The van der Waals surface area contributed by atoms with Gasteiger partial charge in [0.05, 0.1) is 0 Å². The summed E-state index contributed by atoms with van der Waals surface area (Å²) >= 11 is 1.72. The molecular formula is C21H26ClN3O2S. The van der Waals surface area contributed by atoms with Gasteiger partial charge in [-0.3, -0.25) is 9.59 Å². The lowest BCUT2D eigenvalue weighted by molar-refractivity contribution is -0.116. The van der Waals surface area contributed by atoms with Gasteiger partial charge in [0.25, 0.3) is 5.91 Å². The minimum Gasteiger partial charge on any atom is -0.338 e. The first-order valence-corrected chi connectivity index (χ1v) is 10.5. The zero-order valence-corrected chi connectivity index (χ0v) is 17.4. The molecule has 4 rings (SSSR count). The molecule has 2 aromatic rings. The first-order chi connectivity index (χ1) is 13.2. The number of amides is 2. The van der Waals surface area contributed by atoms with E-state index in [1.54, 1.807) is 17.4 Å². The smallest absolute Gasteiger partial charge is 0.253 e. The number of aryl methyl sites for hydroxylation is 1. The van der Waals surface area contributed by atoms with Gasteiger partial charge in [-0.25, -0.2) is 0 Å². The Balaban J connectivity index is 0.00000225. The molecule has 0 radical (unpaired) electrons. The molecular weight excluding hydrogens is 394 g/mol. The summed E-state index contributed by atoms with van der Waals surface area (Å²) in [6.45, 7) is 3.68. The Hall–Kier alpha value is -1.89. The monoisotopic (exact) mass is 419 g/mol. The maximum atomic E-state index is 12.8. The fraction of sp³-hybridized carbons (Fsp3) is 0.429. The van der Waals surface area contributed by atoms with E-state index in [2.05, 4.69) is 22.1 Å². The van der Waals surface area contributed by atoms with Crippen molar-refractivity contribution in [3.8, 4) is 0 Å². The van der Waals surface area contributed by atoms with Crippen LogP contribution in [0.15, 0.2) is 41.8 Å². The zero-order valence-electron chi connectivity index (χ0n) is 15.7. The van der Waals surface area contributed by atoms with Crippen LogP contribution in [0.2, 0.25) is 0 Å². The Kier molecular flexibility index (Phi) is 7.10. The number of carbonyl (C=O) groups is 2. The Labute approximate surface area is 175 Å². The van der Waals surface area contributed by atoms with Crippen molar-refractivity contribution in [2.24, 2.45) is 11.8 Å². The lowest BCUT2D eigenvalue weighted by Crippen LogP contribution is -2.31. The third kappa shape index (κ3) is 4.93. The molecule has 0 spiro atoms. The summed E-state index contributed by atoms with van der Waals surface area (Å²) in [7, 11) is 0. The van der Waals surface area contributed by atoms with E-state index in [1.807, 2.05) is 29.2 Å². The molecule has 0 bridgehead atoms. The Morgan fingerprint density at radius 3 is 2.64 bits per heavy atom. The summed E-state index contributed by atoms with van der Waals surface area (Å²) in [5.41, 5.74) is 1.35. The molecule has 2 aliphatic rings. The standard InChI is InChI=1S/C21H25N3O2S.ClH/c25-20(8-2-6-19-7-3-9-27-19)23-18-5-1-4-15(10-18)21(26)24-13-16-11-22-12-17(16)14-24;/h1,3-5,7,9-10,16-17,22H,2,6,8,11-14H2,(H,23,25);1H/t16-,17+;. The quantitative estimate of drug-likeness (QED) is 0.754. The molecule has 1 aromatic carbocycles. The highest BCUT2D eigenvalue weighted by atomic mass is 35.5. The maximum absolute atomic E-state index is 12.8. The van der Waals surface area contributed by atoms with Gasteiger partial charge in [0, 0.05) is 48.7 Å². The van der Waals surface area contributed by atoms with Crippen LogP contribution < -0.4 is 10.6 Å². The van der Waals surface area contributed by atoms with Crippen molar-refractivity contribution < 1.29 is 9.59 Å². The fourth-order valence-electron chi connectivity index (χ4n) is 4.04. The van der Waals surface area contributed by atoms with E-state index in [-0.39, 0.29) is 24.2 Å². The van der Waals surface area contributed by atoms with Crippen LogP contribution in [0.3, 0.4) is 0 Å². The third-order valence-electron chi connectivity index (χ3n) is 5.48. The Bertz CT molecular complexity index is 800. The number of hydrogen-bond donors (Lipinski definition) is 2. The van der Waals surface area contributed by atoms with E-state index >= 15 is 0 Å². The molecule has 28 heavy (non-hydrogen) atoms. The van der Waals surface area contributed by atoms with Crippen LogP contribution in [0.25, 0.3) is 0 Å². The van der Waals surface area contributed by atoms with Crippen molar-refractivity contribution in [1.29, 1.82) is 0 Å². The van der Waals surface area contributed by atoms with Crippen molar-refractivity contribution in [2.75, 3.05) is 31.5 Å². The normalized spacial score (nSPS) is 20.5. The molecule has 1 aromatic heterocycles. The van der Waals surface area contributed by atoms with Crippen molar-refractivity contribution in [3.05, 3.63) is 52.2 Å². The fourth-order valence-corrected chi connectivity index (χ4v) is 4.79. The third-order valence-corrected chi connectivity index (χ3v) is 6.41. The second kappa shape index (κ2) is 9.54. The molecule has 2 amide bonds. The van der Waals surface area contributed by atoms with Crippen LogP contribution in [-0.4, -0.2) is 42.9 Å². The van der Waals surface area contributed by atoms with Crippen LogP contribution in [0, 0.1) is 11.8 Å². The first-order valence-electron chi connectivity index (χ1n) is 9.61. The lowest BCUT2D eigenvalue weighted by atomic mass is 10.0. The van der Waals surface area contributed by atoms with E-state index < -0.39 is 0 Å². The Morgan fingerprint density at radius 1 is 1.14 bits per heavy atom. The molecule has 2 atom stereocenters. The molecule has 5 nitrogen and oxygen atoms in total. The molecule has 2 saturated heterocycles. The van der Waals surface area contributed by atoms with Gasteiger partial charge in [-0.2, -0.15) is 0 Å². The Morgan fingerprint density at radius 2 is 1.93 bits per heavy atom. The summed E-state index contributed by atoms with van der Waals surface area (Å²) in [4.78, 5) is 28.3. The number of nitrogens with one attached hydrogen (secondary N) is 2. The van der Waals surface area contributed by atoms with E-state index in [9.17, 15) is 9.59 Å².